The second-order valence-corrected chi connectivity index (χ2v) is 7.37. The van der Waals surface area contributed by atoms with Gasteiger partial charge in [-0.15, -0.1) is 0 Å². The first-order valence-electron chi connectivity index (χ1n) is 7.62. The molecule has 0 bridgehead atoms. The minimum absolute atomic E-state index is 0.395. The van der Waals surface area contributed by atoms with Crippen LogP contribution < -0.4 is 5.32 Å². The number of likely N-dealkylation sites (tertiary alicyclic amines) is 1. The molecule has 3 unspecified atom stereocenters. The summed E-state index contributed by atoms with van der Waals surface area (Å²) in [7, 11) is 0. The number of hydrogen-bond acceptors (Lipinski definition) is 3. The van der Waals surface area contributed by atoms with E-state index in [1.165, 1.54) is 19.5 Å². The van der Waals surface area contributed by atoms with E-state index in [9.17, 15) is 5.26 Å². The van der Waals surface area contributed by atoms with Gasteiger partial charge >= 0.3 is 0 Å². The smallest absolute Gasteiger partial charge is 0.105 e. The third kappa shape index (κ3) is 4.47. The zero-order valence-electron chi connectivity index (χ0n) is 13.6. The van der Waals surface area contributed by atoms with Gasteiger partial charge in [-0.1, -0.05) is 27.7 Å². The molecule has 0 aliphatic carbocycles. The Labute approximate surface area is 119 Å². The van der Waals surface area contributed by atoms with Gasteiger partial charge in [-0.25, -0.2) is 0 Å². The second kappa shape index (κ2) is 6.24. The van der Waals surface area contributed by atoms with Crippen LogP contribution in [0.1, 0.15) is 54.4 Å². The summed E-state index contributed by atoms with van der Waals surface area (Å²) in [6, 6.07) is 2.91. The molecule has 0 aromatic rings. The minimum Gasteiger partial charge on any atom is -0.300 e. The zero-order valence-corrected chi connectivity index (χ0v) is 13.6. The number of nitrogens with zero attached hydrogens (tertiary/aromatic N) is 2. The predicted molar refractivity (Wildman–Crippen MR) is 80.9 cm³/mol. The lowest BCUT2D eigenvalue weighted by molar-refractivity contribution is 0.180. The Bertz CT molecular complexity index is 326. The Hall–Kier alpha value is -0.590. The molecule has 19 heavy (non-hydrogen) atoms. The van der Waals surface area contributed by atoms with Crippen molar-refractivity contribution in [1.82, 2.24) is 10.2 Å². The summed E-state index contributed by atoms with van der Waals surface area (Å²) in [5.41, 5.74) is 0.00264. The van der Waals surface area contributed by atoms with Crippen LogP contribution in [0.2, 0.25) is 0 Å². The van der Waals surface area contributed by atoms with Crippen molar-refractivity contribution in [3.63, 3.8) is 0 Å². The Morgan fingerprint density at radius 3 is 2.42 bits per heavy atom. The molecule has 3 atom stereocenters. The molecule has 0 aromatic heterocycles. The third-order valence-corrected chi connectivity index (χ3v) is 4.59. The molecule has 1 saturated heterocycles. The monoisotopic (exact) mass is 265 g/mol. The summed E-state index contributed by atoms with van der Waals surface area (Å²) in [4.78, 5) is 2.56. The number of hydrogen-bond donors (Lipinski definition) is 1. The van der Waals surface area contributed by atoms with E-state index in [4.69, 9.17) is 0 Å². The van der Waals surface area contributed by atoms with Crippen LogP contribution in [0.3, 0.4) is 0 Å². The largest absolute Gasteiger partial charge is 0.300 e. The highest BCUT2D eigenvalue weighted by Crippen LogP contribution is 2.35. The van der Waals surface area contributed by atoms with Crippen LogP contribution in [0, 0.1) is 22.7 Å². The molecule has 0 amide bonds. The summed E-state index contributed by atoms with van der Waals surface area (Å²) < 4.78 is 0. The van der Waals surface area contributed by atoms with Crippen LogP contribution in [0.15, 0.2) is 0 Å². The van der Waals surface area contributed by atoms with E-state index in [-0.39, 0.29) is 0 Å². The lowest BCUT2D eigenvalue weighted by Gasteiger charge is -2.33. The molecule has 1 aliphatic rings. The van der Waals surface area contributed by atoms with Gasteiger partial charge in [0.2, 0.25) is 0 Å². The molecule has 1 N–H and O–H groups in total. The molecule has 0 radical (unpaired) electrons. The summed E-state index contributed by atoms with van der Waals surface area (Å²) in [6.07, 6.45) is 2.19. The van der Waals surface area contributed by atoms with E-state index in [0.717, 1.165) is 18.9 Å². The normalized spacial score (nSPS) is 25.8. The summed E-state index contributed by atoms with van der Waals surface area (Å²) in [6.45, 7) is 16.6. The van der Waals surface area contributed by atoms with Gasteiger partial charge in [0.1, 0.15) is 5.54 Å². The van der Waals surface area contributed by atoms with E-state index in [1.807, 2.05) is 6.92 Å². The van der Waals surface area contributed by atoms with Crippen molar-refractivity contribution in [1.29, 1.82) is 5.26 Å². The molecular formula is C16H31N3. The maximum absolute atomic E-state index is 9.36. The summed E-state index contributed by atoms with van der Waals surface area (Å²) in [5.74, 6) is 0.780. The van der Waals surface area contributed by atoms with Crippen LogP contribution >= 0.6 is 0 Å². The maximum atomic E-state index is 9.36. The van der Waals surface area contributed by atoms with Crippen LogP contribution in [0.4, 0.5) is 0 Å². The van der Waals surface area contributed by atoms with Crippen LogP contribution in [0.25, 0.3) is 0 Å². The average molecular weight is 265 g/mol. The van der Waals surface area contributed by atoms with Gasteiger partial charge in [0, 0.05) is 12.6 Å². The molecule has 0 spiro atoms. The highest BCUT2D eigenvalue weighted by atomic mass is 15.2. The SMILES string of the molecule is CCNC(C)(C#N)CC(C)N1CCC(C(C)(C)C)C1. The standard InChI is InChI=1S/C16H31N3/c1-7-18-16(6,12-17)10-13(2)19-9-8-14(11-19)15(3,4)5/h13-14,18H,7-11H2,1-6H3. The van der Waals surface area contributed by atoms with Crippen molar-refractivity contribution in [3.05, 3.63) is 0 Å². The van der Waals surface area contributed by atoms with E-state index in [1.54, 1.807) is 0 Å². The van der Waals surface area contributed by atoms with Crippen molar-refractivity contribution < 1.29 is 0 Å². The Balaban J connectivity index is 2.56. The lowest BCUT2D eigenvalue weighted by Crippen LogP contribution is -2.46. The highest BCUT2D eigenvalue weighted by molar-refractivity contribution is 5.05. The molecule has 0 aromatic carbocycles. The average Bonchev–Trinajstić information content (AvgIpc) is 2.78. The van der Waals surface area contributed by atoms with E-state index in [0.29, 0.717) is 11.5 Å². The fourth-order valence-corrected chi connectivity index (χ4v) is 3.16. The van der Waals surface area contributed by atoms with Gasteiger partial charge in [-0.2, -0.15) is 5.26 Å². The minimum atomic E-state index is -0.395. The van der Waals surface area contributed by atoms with Crippen LogP contribution in [0.5, 0.6) is 0 Å². The van der Waals surface area contributed by atoms with Gasteiger partial charge in [0.15, 0.2) is 0 Å². The van der Waals surface area contributed by atoms with Crippen molar-refractivity contribution >= 4 is 0 Å². The predicted octanol–water partition coefficient (Wildman–Crippen LogP) is 3.02. The van der Waals surface area contributed by atoms with E-state index < -0.39 is 5.54 Å². The number of nitrogens with one attached hydrogen (secondary N) is 1. The van der Waals surface area contributed by atoms with Crippen molar-refractivity contribution in [3.8, 4) is 6.07 Å². The van der Waals surface area contributed by atoms with Gasteiger partial charge in [-0.3, -0.25) is 5.32 Å². The van der Waals surface area contributed by atoms with E-state index >= 15 is 0 Å². The molecule has 3 heteroatoms. The lowest BCUT2D eigenvalue weighted by atomic mass is 9.80. The third-order valence-electron chi connectivity index (χ3n) is 4.59. The Morgan fingerprint density at radius 1 is 1.37 bits per heavy atom. The van der Waals surface area contributed by atoms with Gasteiger partial charge < -0.3 is 4.90 Å². The van der Waals surface area contributed by atoms with E-state index in [2.05, 4.69) is 50.9 Å². The second-order valence-electron chi connectivity index (χ2n) is 7.37. The highest BCUT2D eigenvalue weighted by Gasteiger charge is 2.35. The molecule has 1 fully saturated rings. The fourth-order valence-electron chi connectivity index (χ4n) is 3.16. The maximum Gasteiger partial charge on any atom is 0.105 e. The first-order chi connectivity index (χ1) is 8.72. The number of rotatable bonds is 5. The Kier molecular flexibility index (Phi) is 5.41. The van der Waals surface area contributed by atoms with Gasteiger partial charge in [-0.05, 0) is 51.1 Å². The molecule has 3 nitrogen and oxygen atoms in total. The van der Waals surface area contributed by atoms with Crippen LogP contribution in [-0.4, -0.2) is 36.1 Å². The zero-order chi connectivity index (χ0) is 14.7. The Morgan fingerprint density at radius 2 is 2.00 bits per heavy atom. The first kappa shape index (κ1) is 16.5. The van der Waals surface area contributed by atoms with Crippen molar-refractivity contribution in [2.45, 2.75) is 66.0 Å². The fraction of sp³-hybridized carbons (Fsp3) is 0.938. The van der Waals surface area contributed by atoms with Crippen molar-refractivity contribution in [2.24, 2.45) is 11.3 Å². The summed E-state index contributed by atoms with van der Waals surface area (Å²) in [5, 5.41) is 12.7. The topological polar surface area (TPSA) is 39.1 Å². The molecule has 1 rings (SSSR count). The number of nitriles is 1. The van der Waals surface area contributed by atoms with Crippen molar-refractivity contribution in [2.75, 3.05) is 19.6 Å². The van der Waals surface area contributed by atoms with Crippen LogP contribution in [-0.2, 0) is 0 Å². The molecule has 1 heterocycles. The van der Waals surface area contributed by atoms with Gasteiger partial charge in [0.25, 0.3) is 0 Å². The molecule has 110 valence electrons. The first-order valence-corrected chi connectivity index (χ1v) is 7.62. The molecule has 0 saturated carbocycles. The summed E-state index contributed by atoms with van der Waals surface area (Å²) >= 11 is 0. The molecule has 1 aliphatic heterocycles. The molecular weight excluding hydrogens is 234 g/mol. The van der Waals surface area contributed by atoms with Gasteiger partial charge in [0.05, 0.1) is 6.07 Å². The quantitative estimate of drug-likeness (QED) is 0.830.